The lowest BCUT2D eigenvalue weighted by molar-refractivity contribution is 0.273. The van der Waals surface area contributed by atoms with E-state index in [0.29, 0.717) is 12.3 Å². The van der Waals surface area contributed by atoms with E-state index in [9.17, 15) is 5.26 Å². The third kappa shape index (κ3) is 2.95. The Labute approximate surface area is 175 Å². The van der Waals surface area contributed by atoms with E-state index < -0.39 is 0 Å². The van der Waals surface area contributed by atoms with Crippen molar-refractivity contribution in [1.29, 1.82) is 5.26 Å². The summed E-state index contributed by atoms with van der Waals surface area (Å²) in [6.07, 6.45) is 4.53. The Kier molecular flexibility index (Phi) is 4.34. The summed E-state index contributed by atoms with van der Waals surface area (Å²) in [5.74, 6) is 0.929. The van der Waals surface area contributed by atoms with Gasteiger partial charge in [0.15, 0.2) is 5.69 Å². The Hall–Kier alpha value is -3.89. The van der Waals surface area contributed by atoms with Crippen LogP contribution in [0.3, 0.4) is 0 Å². The van der Waals surface area contributed by atoms with Gasteiger partial charge >= 0.3 is 0 Å². The monoisotopic (exact) mass is 389 g/mol. The van der Waals surface area contributed by atoms with Gasteiger partial charge in [-0.2, -0.15) is 10.3 Å². The molecule has 1 aliphatic heterocycles. The highest BCUT2D eigenvalue weighted by molar-refractivity contribution is 6.10. The van der Waals surface area contributed by atoms with Crippen molar-refractivity contribution in [2.24, 2.45) is 10.4 Å². The van der Waals surface area contributed by atoms with Gasteiger partial charge < -0.3 is 4.74 Å². The van der Waals surface area contributed by atoms with Crippen molar-refractivity contribution in [2.45, 2.75) is 19.3 Å². The predicted molar refractivity (Wildman–Crippen MR) is 117 cm³/mol. The van der Waals surface area contributed by atoms with E-state index in [1.807, 2.05) is 42.5 Å². The first-order chi connectivity index (χ1) is 14.7. The molecule has 4 heteroatoms. The maximum atomic E-state index is 9.48. The van der Waals surface area contributed by atoms with Gasteiger partial charge in [0.05, 0.1) is 18.9 Å². The number of benzene rings is 3. The lowest BCUT2D eigenvalue weighted by Gasteiger charge is -2.27. The van der Waals surface area contributed by atoms with Crippen LogP contribution in [-0.2, 0) is 12.8 Å². The number of hydrogen-bond donors (Lipinski definition) is 0. The van der Waals surface area contributed by atoms with Crippen LogP contribution in [0.4, 0.5) is 5.69 Å². The molecule has 1 unspecified atom stereocenters. The highest BCUT2D eigenvalue weighted by atomic mass is 16.5. The second kappa shape index (κ2) is 7.17. The van der Waals surface area contributed by atoms with Crippen LogP contribution in [0.2, 0.25) is 0 Å². The molecular formula is C26H19N3O. The molecule has 2 aliphatic rings. The van der Waals surface area contributed by atoms with Crippen molar-refractivity contribution in [3.63, 3.8) is 0 Å². The fourth-order valence-corrected chi connectivity index (χ4v) is 4.80. The zero-order chi connectivity index (χ0) is 20.6. The van der Waals surface area contributed by atoms with E-state index in [2.05, 4.69) is 40.3 Å². The molecule has 0 aromatic heterocycles. The maximum absolute atomic E-state index is 9.48. The Morgan fingerprint density at radius 3 is 2.67 bits per heavy atom. The van der Waals surface area contributed by atoms with Crippen LogP contribution in [0.25, 0.3) is 16.0 Å². The molecule has 1 atom stereocenters. The van der Waals surface area contributed by atoms with Gasteiger partial charge in [-0.05, 0) is 59.7 Å². The lowest BCUT2D eigenvalue weighted by Crippen LogP contribution is -2.32. The first-order valence-corrected chi connectivity index (χ1v) is 10.0. The zero-order valence-electron chi connectivity index (χ0n) is 16.4. The summed E-state index contributed by atoms with van der Waals surface area (Å²) < 4.78 is 6.01. The van der Waals surface area contributed by atoms with Gasteiger partial charge in [0.2, 0.25) is 6.19 Å². The zero-order valence-corrected chi connectivity index (χ0v) is 16.4. The molecule has 0 N–H and O–H groups in total. The predicted octanol–water partition coefficient (Wildman–Crippen LogP) is 5.74. The molecule has 0 amide bonds. The Morgan fingerprint density at radius 2 is 1.80 bits per heavy atom. The minimum atomic E-state index is -0.234. The van der Waals surface area contributed by atoms with Crippen molar-refractivity contribution >= 4 is 11.4 Å². The lowest BCUT2D eigenvalue weighted by atomic mass is 9.75. The van der Waals surface area contributed by atoms with Crippen molar-refractivity contribution in [2.75, 3.05) is 6.61 Å². The van der Waals surface area contributed by atoms with Gasteiger partial charge in [0.25, 0.3) is 0 Å². The average molecular weight is 389 g/mol. The van der Waals surface area contributed by atoms with Crippen molar-refractivity contribution < 1.29 is 4.74 Å². The van der Waals surface area contributed by atoms with Crippen LogP contribution in [0.15, 0.2) is 71.7 Å². The van der Waals surface area contributed by atoms with Crippen molar-refractivity contribution in [1.82, 2.24) is 0 Å². The topological polar surface area (TPSA) is 49.7 Å². The Morgan fingerprint density at radius 1 is 0.967 bits per heavy atom. The van der Waals surface area contributed by atoms with Gasteiger partial charge in [-0.25, -0.2) is 4.85 Å². The van der Waals surface area contributed by atoms with Crippen molar-refractivity contribution in [3.05, 3.63) is 94.8 Å². The second-order valence-corrected chi connectivity index (χ2v) is 7.93. The van der Waals surface area contributed by atoms with Gasteiger partial charge in [0.1, 0.15) is 5.75 Å². The Bertz CT molecular complexity index is 1260. The van der Waals surface area contributed by atoms with Gasteiger partial charge in [-0.15, -0.1) is 0 Å². The summed E-state index contributed by atoms with van der Waals surface area (Å²) >= 11 is 0. The molecule has 0 fully saturated rings. The molecule has 1 spiro atoms. The number of aliphatic imine (C=N–C) groups is 1. The van der Waals surface area contributed by atoms with Crippen LogP contribution in [0.5, 0.6) is 5.75 Å². The number of nitrogens with zero attached hydrogens (tertiary/aromatic N) is 3. The third-order valence-corrected chi connectivity index (χ3v) is 6.21. The van der Waals surface area contributed by atoms with Crippen LogP contribution in [-0.4, -0.2) is 12.3 Å². The molecule has 30 heavy (non-hydrogen) atoms. The fraction of sp³-hybridized carbons (Fsp3) is 0.192. The summed E-state index contributed by atoms with van der Waals surface area (Å²) in [6.45, 7) is 7.89. The molecular weight excluding hydrogens is 370 g/mol. The maximum Gasteiger partial charge on any atom is 0.205 e. The average Bonchev–Trinajstić information content (AvgIpc) is 2.94. The largest absolute Gasteiger partial charge is 0.493 e. The van der Waals surface area contributed by atoms with E-state index in [1.54, 1.807) is 0 Å². The van der Waals surface area contributed by atoms with Gasteiger partial charge in [-0.3, -0.25) is 0 Å². The summed E-state index contributed by atoms with van der Waals surface area (Å²) in [5, 5.41) is 9.48. The first-order valence-electron chi connectivity index (χ1n) is 10.0. The molecule has 0 radical (unpaired) electrons. The quantitative estimate of drug-likeness (QED) is 0.393. The molecule has 0 bridgehead atoms. The molecule has 3 aromatic rings. The molecule has 0 saturated carbocycles. The number of fused-ring (bicyclic) bond motifs is 2. The van der Waals surface area contributed by atoms with E-state index in [-0.39, 0.29) is 5.41 Å². The van der Waals surface area contributed by atoms with Crippen molar-refractivity contribution in [3.8, 4) is 23.1 Å². The van der Waals surface area contributed by atoms with E-state index in [1.165, 1.54) is 11.1 Å². The smallest absolute Gasteiger partial charge is 0.205 e. The molecule has 144 valence electrons. The summed E-state index contributed by atoms with van der Waals surface area (Å²) in [4.78, 5) is 7.89. The third-order valence-electron chi connectivity index (χ3n) is 6.21. The normalized spacial score (nSPS) is 20.5. The highest BCUT2D eigenvalue weighted by Gasteiger charge is 2.45. The Balaban J connectivity index is 1.61. The molecule has 4 nitrogen and oxygen atoms in total. The van der Waals surface area contributed by atoms with E-state index >= 15 is 0 Å². The second-order valence-electron chi connectivity index (χ2n) is 7.93. The number of hydrogen-bond acceptors (Lipinski definition) is 3. The number of rotatable bonds is 1. The van der Waals surface area contributed by atoms with Gasteiger partial charge in [-0.1, -0.05) is 48.5 Å². The minimum Gasteiger partial charge on any atom is -0.493 e. The molecule has 3 aromatic carbocycles. The van der Waals surface area contributed by atoms with Crippen LogP contribution in [0, 0.1) is 23.4 Å². The standard InChI is InChI=1S/C26H19N3O/c1-28-22-7-4-6-18(13-22)19-9-10-20-15-26(25(29-17-27)23(20)14-19)11-12-30-24-8-3-2-5-21(24)16-26/h2-10,13-14H,11-12,15-16H2. The minimum absolute atomic E-state index is 0.234. The highest BCUT2D eigenvalue weighted by Crippen LogP contribution is 2.46. The summed E-state index contributed by atoms with van der Waals surface area (Å²) in [6, 6.07) is 22.2. The molecule has 0 saturated heterocycles. The summed E-state index contributed by atoms with van der Waals surface area (Å²) in [5.41, 5.74) is 6.71. The van der Waals surface area contributed by atoms with Crippen LogP contribution >= 0.6 is 0 Å². The first kappa shape index (κ1) is 18.2. The van der Waals surface area contributed by atoms with E-state index in [0.717, 1.165) is 47.4 Å². The fourth-order valence-electron chi connectivity index (χ4n) is 4.80. The molecule has 1 heterocycles. The SMILES string of the molecule is [C-]#[N+]c1cccc(-c2ccc3c(c2)C(=NC#N)C2(CCOc4ccccc4C2)C3)c1. The number of nitriles is 1. The van der Waals surface area contributed by atoms with Gasteiger partial charge in [0, 0.05) is 11.0 Å². The van der Waals surface area contributed by atoms with Crippen LogP contribution < -0.4 is 4.74 Å². The number of para-hydroxylation sites is 1. The molecule has 1 aliphatic carbocycles. The summed E-state index contributed by atoms with van der Waals surface area (Å²) in [7, 11) is 0. The van der Waals surface area contributed by atoms with Crippen LogP contribution in [0.1, 0.15) is 23.1 Å². The number of ether oxygens (including phenoxy) is 1. The molecule has 5 rings (SSSR count). The van der Waals surface area contributed by atoms with E-state index in [4.69, 9.17) is 11.3 Å².